The number of carbonyl (C=O) groups is 2. The van der Waals surface area contributed by atoms with E-state index in [-0.39, 0.29) is 24.2 Å². The van der Waals surface area contributed by atoms with Crippen molar-refractivity contribution in [3.05, 3.63) is 66.0 Å². The third-order valence-electron chi connectivity index (χ3n) is 3.32. The third-order valence-corrected chi connectivity index (χ3v) is 3.32. The first kappa shape index (κ1) is 16.7. The molecule has 0 radical (unpaired) electrons. The van der Waals surface area contributed by atoms with E-state index in [0.717, 1.165) is 18.4 Å². The van der Waals surface area contributed by atoms with Crippen molar-refractivity contribution in [2.75, 3.05) is 6.61 Å². The van der Waals surface area contributed by atoms with E-state index in [1.807, 2.05) is 30.3 Å². The Balaban J connectivity index is 1.88. The lowest BCUT2D eigenvalue weighted by molar-refractivity contribution is -0.125. The van der Waals surface area contributed by atoms with Gasteiger partial charge in [0, 0.05) is 6.20 Å². The molecule has 5 nitrogen and oxygen atoms in total. The average Bonchev–Trinajstić information content (AvgIpc) is 2.61. The third kappa shape index (κ3) is 5.21. The molecule has 0 unspecified atom stereocenters. The lowest BCUT2D eigenvalue weighted by atomic mass is 10.0. The maximum atomic E-state index is 12.0. The zero-order valence-corrected chi connectivity index (χ0v) is 13.1. The van der Waals surface area contributed by atoms with Crippen LogP contribution in [-0.2, 0) is 9.53 Å². The molecule has 0 saturated carbocycles. The molecular weight excluding hydrogens is 292 g/mol. The van der Waals surface area contributed by atoms with Gasteiger partial charge >= 0.3 is 5.97 Å². The number of esters is 1. The van der Waals surface area contributed by atoms with Crippen LogP contribution in [-0.4, -0.2) is 23.5 Å². The van der Waals surface area contributed by atoms with Crippen molar-refractivity contribution in [3.8, 4) is 0 Å². The topological polar surface area (TPSA) is 68.3 Å². The molecular formula is C18H20N2O3. The zero-order valence-electron chi connectivity index (χ0n) is 13.1. The summed E-state index contributed by atoms with van der Waals surface area (Å²) in [6.07, 6.45) is 3.26. The summed E-state index contributed by atoms with van der Waals surface area (Å²) >= 11 is 0. The highest BCUT2D eigenvalue weighted by atomic mass is 16.5. The predicted octanol–water partition coefficient (Wildman–Crippen LogP) is 2.90. The molecule has 2 rings (SSSR count). The normalized spacial score (nSPS) is 11.5. The van der Waals surface area contributed by atoms with Crippen molar-refractivity contribution in [2.45, 2.75) is 25.8 Å². The highest BCUT2D eigenvalue weighted by molar-refractivity contribution is 5.89. The lowest BCUT2D eigenvalue weighted by Crippen LogP contribution is -2.32. The molecule has 0 aliphatic rings. The molecule has 0 saturated heterocycles. The first-order valence-corrected chi connectivity index (χ1v) is 7.63. The number of hydrogen-bond acceptors (Lipinski definition) is 4. The smallest absolute Gasteiger partial charge is 0.357 e. The molecule has 23 heavy (non-hydrogen) atoms. The Morgan fingerprint density at radius 3 is 2.52 bits per heavy atom. The van der Waals surface area contributed by atoms with Crippen molar-refractivity contribution >= 4 is 11.9 Å². The van der Waals surface area contributed by atoms with E-state index in [4.69, 9.17) is 4.74 Å². The van der Waals surface area contributed by atoms with Crippen LogP contribution in [0.1, 0.15) is 41.9 Å². The molecule has 1 heterocycles. The van der Waals surface area contributed by atoms with Gasteiger partial charge in [-0.2, -0.15) is 0 Å². The van der Waals surface area contributed by atoms with E-state index in [1.165, 1.54) is 6.20 Å². The van der Waals surface area contributed by atoms with Gasteiger partial charge in [-0.15, -0.1) is 0 Å². The number of rotatable bonds is 7. The molecule has 0 aliphatic carbocycles. The molecule has 1 aromatic heterocycles. The highest BCUT2D eigenvalue weighted by Gasteiger charge is 2.16. The number of nitrogens with one attached hydrogen (secondary N) is 1. The number of carbonyl (C=O) groups excluding carboxylic acids is 2. The standard InChI is InChI=1S/C18H20N2O3/c1-2-8-15(14-9-4-3-5-10-14)20-17(21)13-23-18(22)16-11-6-7-12-19-16/h3-7,9-12,15H,2,8,13H2,1H3,(H,20,21)/t15-/m0/s1. The first-order valence-electron chi connectivity index (χ1n) is 7.63. The molecule has 5 heteroatoms. The monoisotopic (exact) mass is 312 g/mol. The van der Waals surface area contributed by atoms with E-state index in [2.05, 4.69) is 17.2 Å². The quantitative estimate of drug-likeness (QED) is 0.798. The van der Waals surface area contributed by atoms with E-state index < -0.39 is 5.97 Å². The van der Waals surface area contributed by atoms with Gasteiger partial charge in [0.25, 0.3) is 5.91 Å². The fourth-order valence-corrected chi connectivity index (χ4v) is 2.22. The number of benzene rings is 1. The van der Waals surface area contributed by atoms with Crippen molar-refractivity contribution in [2.24, 2.45) is 0 Å². The summed E-state index contributed by atoms with van der Waals surface area (Å²) in [5, 5.41) is 2.90. The molecule has 0 fully saturated rings. The molecule has 1 aromatic carbocycles. The summed E-state index contributed by atoms with van der Waals surface area (Å²) in [6.45, 7) is 1.74. The van der Waals surface area contributed by atoms with Gasteiger partial charge in [-0.25, -0.2) is 9.78 Å². The Hall–Kier alpha value is -2.69. The van der Waals surface area contributed by atoms with E-state index in [1.54, 1.807) is 18.2 Å². The Bertz CT molecular complexity index is 629. The Morgan fingerprint density at radius 1 is 1.13 bits per heavy atom. The zero-order chi connectivity index (χ0) is 16.5. The van der Waals surface area contributed by atoms with Crippen LogP contribution < -0.4 is 5.32 Å². The van der Waals surface area contributed by atoms with Crippen LogP contribution in [0.4, 0.5) is 0 Å². The van der Waals surface area contributed by atoms with Gasteiger partial charge in [-0.05, 0) is 24.1 Å². The second-order valence-electron chi connectivity index (χ2n) is 5.11. The minimum atomic E-state index is -0.604. The Morgan fingerprint density at radius 2 is 1.87 bits per heavy atom. The second-order valence-corrected chi connectivity index (χ2v) is 5.11. The van der Waals surface area contributed by atoms with Crippen LogP contribution >= 0.6 is 0 Å². The van der Waals surface area contributed by atoms with Crippen LogP contribution in [0.2, 0.25) is 0 Å². The average molecular weight is 312 g/mol. The summed E-state index contributed by atoms with van der Waals surface area (Å²) in [6, 6.07) is 14.6. The first-order chi connectivity index (χ1) is 11.2. The highest BCUT2D eigenvalue weighted by Crippen LogP contribution is 2.17. The summed E-state index contributed by atoms with van der Waals surface area (Å²) in [4.78, 5) is 27.7. The molecule has 1 atom stereocenters. The van der Waals surface area contributed by atoms with Crippen LogP contribution in [0, 0.1) is 0 Å². The summed E-state index contributed by atoms with van der Waals surface area (Å²) in [5.41, 5.74) is 1.23. The number of amides is 1. The van der Waals surface area contributed by atoms with Gasteiger partial charge in [-0.1, -0.05) is 49.7 Å². The van der Waals surface area contributed by atoms with E-state index >= 15 is 0 Å². The van der Waals surface area contributed by atoms with Gasteiger partial charge in [0.05, 0.1) is 6.04 Å². The molecule has 0 spiro atoms. The molecule has 2 aromatic rings. The predicted molar refractivity (Wildman–Crippen MR) is 86.8 cm³/mol. The molecule has 1 N–H and O–H groups in total. The van der Waals surface area contributed by atoms with Gasteiger partial charge in [0.1, 0.15) is 5.69 Å². The summed E-state index contributed by atoms with van der Waals surface area (Å²) in [5.74, 6) is -0.927. The van der Waals surface area contributed by atoms with Gasteiger partial charge in [0.15, 0.2) is 6.61 Å². The summed E-state index contributed by atoms with van der Waals surface area (Å²) < 4.78 is 4.99. The maximum Gasteiger partial charge on any atom is 0.357 e. The molecule has 1 amide bonds. The number of pyridine rings is 1. The van der Waals surface area contributed by atoms with E-state index in [9.17, 15) is 9.59 Å². The minimum Gasteiger partial charge on any atom is -0.451 e. The number of ether oxygens (including phenoxy) is 1. The van der Waals surface area contributed by atoms with Crippen LogP contribution in [0.3, 0.4) is 0 Å². The van der Waals surface area contributed by atoms with Crippen molar-refractivity contribution in [1.29, 1.82) is 0 Å². The van der Waals surface area contributed by atoms with Crippen LogP contribution in [0.25, 0.3) is 0 Å². The van der Waals surface area contributed by atoms with Crippen LogP contribution in [0.5, 0.6) is 0 Å². The van der Waals surface area contributed by atoms with Gasteiger partial charge < -0.3 is 10.1 Å². The summed E-state index contributed by atoms with van der Waals surface area (Å²) in [7, 11) is 0. The maximum absolute atomic E-state index is 12.0. The fraction of sp³-hybridized carbons (Fsp3) is 0.278. The molecule has 120 valence electrons. The minimum absolute atomic E-state index is 0.0812. The second kappa shape index (κ2) is 8.68. The Kier molecular flexibility index (Phi) is 6.29. The largest absolute Gasteiger partial charge is 0.451 e. The number of nitrogens with zero attached hydrogens (tertiary/aromatic N) is 1. The lowest BCUT2D eigenvalue weighted by Gasteiger charge is -2.18. The molecule has 0 aliphatic heterocycles. The number of aromatic nitrogens is 1. The van der Waals surface area contributed by atoms with Crippen molar-refractivity contribution in [3.63, 3.8) is 0 Å². The van der Waals surface area contributed by atoms with E-state index in [0.29, 0.717) is 0 Å². The van der Waals surface area contributed by atoms with Crippen molar-refractivity contribution in [1.82, 2.24) is 10.3 Å². The number of hydrogen-bond donors (Lipinski definition) is 1. The Labute approximate surface area is 135 Å². The SMILES string of the molecule is CCC[C@H](NC(=O)COC(=O)c1ccccn1)c1ccccc1. The molecule has 0 bridgehead atoms. The van der Waals surface area contributed by atoms with Crippen LogP contribution in [0.15, 0.2) is 54.7 Å². The van der Waals surface area contributed by atoms with Crippen molar-refractivity contribution < 1.29 is 14.3 Å². The van der Waals surface area contributed by atoms with Gasteiger partial charge in [-0.3, -0.25) is 4.79 Å². The fourth-order valence-electron chi connectivity index (χ4n) is 2.22. The van der Waals surface area contributed by atoms with Gasteiger partial charge in [0.2, 0.25) is 0 Å².